The molecule has 0 spiro atoms. The first-order valence-corrected chi connectivity index (χ1v) is 5.75. The Hall–Kier alpha value is -2.29. The van der Waals surface area contributed by atoms with Gasteiger partial charge in [0.2, 0.25) is 0 Å². The predicted octanol–water partition coefficient (Wildman–Crippen LogP) is 2.82. The molecule has 0 N–H and O–H groups in total. The number of hydroxylamine groups is 1. The van der Waals surface area contributed by atoms with Crippen LogP contribution >= 0.6 is 0 Å². The predicted molar refractivity (Wildman–Crippen MR) is 71.9 cm³/mol. The summed E-state index contributed by atoms with van der Waals surface area (Å²) < 4.78 is 6.11. The highest BCUT2D eigenvalue weighted by molar-refractivity contribution is 5.79. The molecule has 3 heteroatoms. The van der Waals surface area contributed by atoms with E-state index in [-0.39, 0.29) is 0 Å². The Morgan fingerprint density at radius 3 is 2.44 bits per heavy atom. The van der Waals surface area contributed by atoms with Crippen LogP contribution in [0.15, 0.2) is 54.6 Å². The monoisotopic (exact) mass is 241 g/mol. The topological polar surface area (TPSA) is 35.3 Å². The van der Waals surface area contributed by atoms with Gasteiger partial charge in [0.15, 0.2) is 12.8 Å². The minimum absolute atomic E-state index is 0.332. The molecule has 0 heterocycles. The van der Waals surface area contributed by atoms with Gasteiger partial charge in [0.05, 0.1) is 12.7 Å². The zero-order valence-electron chi connectivity index (χ0n) is 10.2. The summed E-state index contributed by atoms with van der Waals surface area (Å²) in [5, 5.41) is 11.9. The van der Waals surface area contributed by atoms with Crippen LogP contribution in [-0.2, 0) is 6.54 Å². The number of rotatable bonds is 4. The van der Waals surface area contributed by atoms with Crippen molar-refractivity contribution in [3.05, 3.63) is 70.9 Å². The number of hydrogen-bond donors (Lipinski definition) is 0. The van der Waals surface area contributed by atoms with Crippen LogP contribution in [0.5, 0.6) is 5.75 Å². The Labute approximate surface area is 107 Å². The van der Waals surface area contributed by atoms with Crippen LogP contribution in [0.2, 0.25) is 0 Å². The van der Waals surface area contributed by atoms with E-state index in [1.54, 1.807) is 13.3 Å². The van der Waals surface area contributed by atoms with Crippen LogP contribution in [0.4, 0.5) is 0 Å². The Bertz CT molecular complexity index is 535. The third kappa shape index (κ3) is 3.10. The van der Waals surface area contributed by atoms with Gasteiger partial charge < -0.3 is 9.94 Å². The molecule has 0 aliphatic rings. The smallest absolute Gasteiger partial charge is 0.185 e. The minimum Gasteiger partial charge on any atom is -0.624 e. The van der Waals surface area contributed by atoms with Crippen molar-refractivity contribution in [1.82, 2.24) is 0 Å². The number of para-hydroxylation sites is 1. The lowest BCUT2D eigenvalue weighted by Crippen LogP contribution is -2.06. The van der Waals surface area contributed by atoms with Gasteiger partial charge in [-0.05, 0) is 12.1 Å². The Morgan fingerprint density at radius 2 is 1.72 bits per heavy atom. The van der Waals surface area contributed by atoms with Crippen LogP contribution in [0.25, 0.3) is 0 Å². The van der Waals surface area contributed by atoms with Crippen molar-refractivity contribution in [2.75, 3.05) is 7.11 Å². The van der Waals surface area contributed by atoms with Gasteiger partial charge in [-0.15, -0.1) is 0 Å². The maximum absolute atomic E-state index is 11.9. The molecule has 0 bridgehead atoms. The van der Waals surface area contributed by atoms with E-state index in [0.717, 1.165) is 15.9 Å². The number of ether oxygens (including phenoxy) is 1. The Morgan fingerprint density at radius 1 is 1.06 bits per heavy atom. The second kappa shape index (κ2) is 5.87. The van der Waals surface area contributed by atoms with Crippen molar-refractivity contribution in [1.29, 1.82) is 0 Å². The molecule has 0 amide bonds. The second-order valence-electron chi connectivity index (χ2n) is 3.93. The number of hydrogen-bond acceptors (Lipinski definition) is 2. The maximum Gasteiger partial charge on any atom is 0.185 e. The maximum atomic E-state index is 11.9. The normalized spacial score (nSPS) is 11.3. The first-order chi connectivity index (χ1) is 8.79. The van der Waals surface area contributed by atoms with Crippen LogP contribution in [0.1, 0.15) is 11.1 Å². The fourth-order valence-electron chi connectivity index (χ4n) is 1.74. The highest BCUT2D eigenvalue weighted by Gasteiger charge is 2.03. The standard InChI is InChI=1S/C15H15NO2/c1-18-15-10-6-5-9-14(15)12-16(17)11-13-7-3-2-4-8-13/h2-10,12H,11H2,1H3/b16-12-. The molecule has 0 aromatic heterocycles. The van der Waals surface area contributed by atoms with Crippen molar-refractivity contribution in [2.24, 2.45) is 0 Å². The van der Waals surface area contributed by atoms with Gasteiger partial charge in [-0.1, -0.05) is 42.5 Å². The van der Waals surface area contributed by atoms with Crippen molar-refractivity contribution in [3.8, 4) is 5.75 Å². The van der Waals surface area contributed by atoms with Gasteiger partial charge in [-0.3, -0.25) is 0 Å². The number of nitrogens with zero attached hydrogens (tertiary/aromatic N) is 1. The lowest BCUT2D eigenvalue weighted by Gasteiger charge is -2.06. The SMILES string of the molecule is COc1ccccc1/C=[N+](\[O-])Cc1ccccc1. The van der Waals surface area contributed by atoms with E-state index in [9.17, 15) is 5.21 Å². The van der Waals surface area contributed by atoms with E-state index < -0.39 is 0 Å². The number of methoxy groups -OCH3 is 1. The molecular weight excluding hydrogens is 226 g/mol. The molecule has 0 saturated carbocycles. The third-order valence-electron chi connectivity index (χ3n) is 2.60. The van der Waals surface area contributed by atoms with Crippen LogP contribution in [0.3, 0.4) is 0 Å². The van der Waals surface area contributed by atoms with Crippen molar-refractivity contribution < 1.29 is 9.48 Å². The van der Waals surface area contributed by atoms with Crippen LogP contribution in [-0.4, -0.2) is 18.1 Å². The van der Waals surface area contributed by atoms with E-state index in [2.05, 4.69) is 0 Å². The average Bonchev–Trinajstić information content (AvgIpc) is 2.40. The van der Waals surface area contributed by atoms with Crippen molar-refractivity contribution in [2.45, 2.75) is 6.54 Å². The van der Waals surface area contributed by atoms with Gasteiger partial charge >= 0.3 is 0 Å². The Balaban J connectivity index is 2.18. The molecule has 0 atom stereocenters. The zero-order chi connectivity index (χ0) is 12.8. The summed E-state index contributed by atoms with van der Waals surface area (Å²) in [4.78, 5) is 0. The molecule has 0 aliphatic carbocycles. The van der Waals surface area contributed by atoms with Gasteiger partial charge in [-0.25, -0.2) is 4.74 Å². The quantitative estimate of drug-likeness (QED) is 0.357. The summed E-state index contributed by atoms with van der Waals surface area (Å²) in [6.07, 6.45) is 1.55. The van der Waals surface area contributed by atoms with Gasteiger partial charge in [0.1, 0.15) is 5.75 Å². The summed E-state index contributed by atoms with van der Waals surface area (Å²) in [6, 6.07) is 17.1. The molecule has 2 rings (SSSR count). The van der Waals surface area contributed by atoms with E-state index in [4.69, 9.17) is 4.74 Å². The van der Waals surface area contributed by atoms with Gasteiger partial charge in [-0.2, -0.15) is 0 Å². The molecule has 92 valence electrons. The van der Waals surface area contributed by atoms with Crippen LogP contribution < -0.4 is 4.74 Å². The van der Waals surface area contributed by atoms with E-state index in [1.807, 2.05) is 54.6 Å². The van der Waals surface area contributed by atoms with E-state index >= 15 is 0 Å². The summed E-state index contributed by atoms with van der Waals surface area (Å²) in [7, 11) is 1.60. The molecule has 0 aliphatic heterocycles. The summed E-state index contributed by atoms with van der Waals surface area (Å²) >= 11 is 0. The molecule has 3 nitrogen and oxygen atoms in total. The summed E-state index contributed by atoms with van der Waals surface area (Å²) in [5.74, 6) is 0.700. The lowest BCUT2D eigenvalue weighted by atomic mass is 10.2. The fraction of sp³-hybridized carbons (Fsp3) is 0.133. The Kier molecular flexibility index (Phi) is 3.97. The first kappa shape index (κ1) is 12.2. The highest BCUT2D eigenvalue weighted by Crippen LogP contribution is 2.14. The number of benzene rings is 2. The molecule has 2 aromatic carbocycles. The molecule has 0 radical (unpaired) electrons. The molecular formula is C15H15NO2. The fourth-order valence-corrected chi connectivity index (χ4v) is 1.74. The molecule has 18 heavy (non-hydrogen) atoms. The molecule has 0 unspecified atom stereocenters. The second-order valence-corrected chi connectivity index (χ2v) is 3.93. The highest BCUT2D eigenvalue weighted by atomic mass is 16.5. The largest absolute Gasteiger partial charge is 0.624 e. The zero-order valence-corrected chi connectivity index (χ0v) is 10.2. The first-order valence-electron chi connectivity index (χ1n) is 5.75. The molecule has 2 aromatic rings. The molecule has 0 fully saturated rings. The van der Waals surface area contributed by atoms with Crippen LogP contribution in [0, 0.1) is 5.21 Å². The van der Waals surface area contributed by atoms with E-state index in [0.29, 0.717) is 12.3 Å². The van der Waals surface area contributed by atoms with Crippen molar-refractivity contribution in [3.63, 3.8) is 0 Å². The van der Waals surface area contributed by atoms with Crippen molar-refractivity contribution >= 4 is 6.21 Å². The average molecular weight is 241 g/mol. The summed E-state index contributed by atoms with van der Waals surface area (Å²) in [5.41, 5.74) is 1.77. The van der Waals surface area contributed by atoms with E-state index in [1.165, 1.54) is 0 Å². The molecule has 0 saturated heterocycles. The lowest BCUT2D eigenvalue weighted by molar-refractivity contribution is -0.469. The summed E-state index contributed by atoms with van der Waals surface area (Å²) in [6.45, 7) is 0.332. The minimum atomic E-state index is 0.332. The third-order valence-corrected chi connectivity index (χ3v) is 2.60. The van der Waals surface area contributed by atoms with Gasteiger partial charge in [0, 0.05) is 5.56 Å². The van der Waals surface area contributed by atoms with Gasteiger partial charge in [0.25, 0.3) is 0 Å².